The van der Waals surface area contributed by atoms with Gasteiger partial charge in [-0.2, -0.15) is 0 Å². The van der Waals surface area contributed by atoms with Gasteiger partial charge >= 0.3 is 0 Å². The summed E-state index contributed by atoms with van der Waals surface area (Å²) in [6.45, 7) is 3.24. The van der Waals surface area contributed by atoms with Gasteiger partial charge < -0.3 is 19.7 Å². The summed E-state index contributed by atoms with van der Waals surface area (Å²) < 4.78 is 41.5. The van der Waals surface area contributed by atoms with Gasteiger partial charge in [-0.3, -0.25) is 13.9 Å². The number of nitrogens with one attached hydrogen (secondary N) is 1. The topological polar surface area (TPSA) is 105 Å². The molecule has 4 aromatic rings. The molecule has 9 nitrogen and oxygen atoms in total. The zero-order valence-corrected chi connectivity index (χ0v) is 28.9. The van der Waals surface area contributed by atoms with Crippen LogP contribution in [0.1, 0.15) is 22.3 Å². The maximum absolute atomic E-state index is 14.5. The van der Waals surface area contributed by atoms with Gasteiger partial charge in [-0.25, -0.2) is 8.42 Å². The average Bonchev–Trinajstić information content (AvgIpc) is 3.05. The van der Waals surface area contributed by atoms with E-state index in [1.165, 1.54) is 44.4 Å². The summed E-state index contributed by atoms with van der Waals surface area (Å²) in [6.07, 6.45) is 0.231. The van der Waals surface area contributed by atoms with Crippen molar-refractivity contribution in [3.05, 3.63) is 118 Å². The number of nitrogens with zero attached hydrogens (tertiary/aromatic N) is 2. The van der Waals surface area contributed by atoms with Crippen LogP contribution in [0, 0.1) is 13.8 Å². The largest absolute Gasteiger partial charge is 0.493 e. The lowest BCUT2D eigenvalue weighted by molar-refractivity contribution is -0.139. The number of ether oxygens (including phenoxy) is 2. The lowest BCUT2D eigenvalue weighted by atomic mass is 10.0. The van der Waals surface area contributed by atoms with Gasteiger partial charge in [0, 0.05) is 30.6 Å². The number of benzene rings is 4. The zero-order valence-electron chi connectivity index (χ0n) is 26.5. The Morgan fingerprint density at radius 2 is 1.46 bits per heavy atom. The molecule has 4 aromatic carbocycles. The van der Waals surface area contributed by atoms with Gasteiger partial charge in [0.25, 0.3) is 10.0 Å². The molecule has 0 bridgehead atoms. The third-order valence-electron chi connectivity index (χ3n) is 7.50. The minimum Gasteiger partial charge on any atom is -0.493 e. The van der Waals surface area contributed by atoms with Crippen LogP contribution in [-0.4, -0.2) is 59.0 Å². The molecule has 0 saturated carbocycles. The Morgan fingerprint density at radius 1 is 0.826 bits per heavy atom. The summed E-state index contributed by atoms with van der Waals surface area (Å²) in [4.78, 5) is 29.3. The maximum atomic E-state index is 14.5. The first-order chi connectivity index (χ1) is 22.0. The minimum absolute atomic E-state index is 0.0775. The van der Waals surface area contributed by atoms with E-state index in [1.54, 1.807) is 12.1 Å². The molecule has 0 heterocycles. The van der Waals surface area contributed by atoms with E-state index in [0.29, 0.717) is 11.4 Å². The molecule has 1 N–H and O–H groups in total. The summed E-state index contributed by atoms with van der Waals surface area (Å²) in [5.41, 5.74) is 3.61. The molecule has 46 heavy (non-hydrogen) atoms. The number of carbonyl (C=O) groups is 2. The Bertz CT molecular complexity index is 1760. The van der Waals surface area contributed by atoms with Gasteiger partial charge in [-0.15, -0.1) is 0 Å². The first-order valence-corrected chi connectivity index (χ1v) is 16.8. The standard InChI is InChI=1S/C35H38BrN3O6S/c1-24-17-25(2)19-29(18-24)39(46(42,43)30-15-16-32(44-4)33(21-30)45-5)23-34(40)38(22-27-11-13-28(36)14-12-27)31(35(41)37-3)20-26-9-7-6-8-10-26/h6-19,21,31H,20,22-23H2,1-5H3,(H,37,41)/t31-/m1/s1. The summed E-state index contributed by atoms with van der Waals surface area (Å²) >= 11 is 3.45. The van der Waals surface area contributed by atoms with Crippen LogP contribution in [0.25, 0.3) is 0 Å². The number of sulfonamides is 1. The van der Waals surface area contributed by atoms with Crippen molar-refractivity contribution >= 4 is 43.5 Å². The molecule has 4 rings (SSSR count). The summed E-state index contributed by atoms with van der Waals surface area (Å²) in [5.74, 6) is -0.314. The van der Waals surface area contributed by atoms with Gasteiger partial charge in [-0.1, -0.05) is 64.5 Å². The SMILES string of the molecule is CNC(=O)[C@@H](Cc1ccccc1)N(Cc1ccc(Br)cc1)C(=O)CN(c1cc(C)cc(C)c1)S(=O)(=O)c1ccc(OC)c(OC)c1. The highest BCUT2D eigenvalue weighted by molar-refractivity contribution is 9.10. The van der Waals surface area contributed by atoms with Crippen LogP contribution in [0.15, 0.2) is 100 Å². The second kappa shape index (κ2) is 15.3. The Morgan fingerprint density at radius 3 is 2.04 bits per heavy atom. The normalized spacial score (nSPS) is 11.8. The summed E-state index contributed by atoms with van der Waals surface area (Å²) in [7, 11) is 0.0856. The Kier molecular flexibility index (Phi) is 11.5. The number of aryl methyl sites for hydroxylation is 2. The molecule has 0 spiro atoms. The zero-order chi connectivity index (χ0) is 33.4. The fourth-order valence-corrected chi connectivity index (χ4v) is 6.91. The number of methoxy groups -OCH3 is 2. The summed E-state index contributed by atoms with van der Waals surface area (Å²) in [6, 6.07) is 25.6. The second-order valence-corrected chi connectivity index (χ2v) is 13.6. The van der Waals surface area contributed by atoms with Crippen molar-refractivity contribution < 1.29 is 27.5 Å². The highest BCUT2D eigenvalue weighted by Crippen LogP contribution is 2.33. The van der Waals surface area contributed by atoms with E-state index in [9.17, 15) is 18.0 Å². The van der Waals surface area contributed by atoms with E-state index in [-0.39, 0.29) is 29.5 Å². The quantitative estimate of drug-likeness (QED) is 0.192. The van der Waals surface area contributed by atoms with Crippen molar-refractivity contribution in [1.82, 2.24) is 10.2 Å². The number of carbonyl (C=O) groups excluding carboxylic acids is 2. The third kappa shape index (κ3) is 8.27. The van der Waals surface area contributed by atoms with Crippen molar-refractivity contribution in [3.8, 4) is 11.5 Å². The van der Waals surface area contributed by atoms with Gasteiger partial charge in [0.1, 0.15) is 12.6 Å². The first kappa shape index (κ1) is 34.5. The van der Waals surface area contributed by atoms with Crippen molar-refractivity contribution in [2.45, 2.75) is 37.8 Å². The molecule has 11 heteroatoms. The molecule has 0 aliphatic carbocycles. The minimum atomic E-state index is -4.32. The number of rotatable bonds is 13. The highest BCUT2D eigenvalue weighted by atomic mass is 79.9. The molecule has 0 fully saturated rings. The van der Waals surface area contributed by atoms with E-state index in [1.807, 2.05) is 74.5 Å². The van der Waals surface area contributed by atoms with E-state index in [0.717, 1.165) is 31.0 Å². The molecule has 2 amide bonds. The van der Waals surface area contributed by atoms with E-state index >= 15 is 0 Å². The molecule has 1 atom stereocenters. The number of likely N-dealkylation sites (N-methyl/N-ethyl adjacent to an activating group) is 1. The molecular weight excluding hydrogens is 670 g/mol. The number of amides is 2. The number of hydrogen-bond donors (Lipinski definition) is 1. The van der Waals surface area contributed by atoms with Gasteiger partial charge in [-0.05, 0) is 72.5 Å². The van der Waals surface area contributed by atoms with Gasteiger partial charge in [0.2, 0.25) is 11.8 Å². The molecule has 0 aromatic heterocycles. The van der Waals surface area contributed by atoms with Crippen LogP contribution >= 0.6 is 15.9 Å². The molecule has 0 aliphatic rings. The summed E-state index contributed by atoms with van der Waals surface area (Å²) in [5, 5.41) is 2.70. The fraction of sp³-hybridized carbons (Fsp3) is 0.257. The molecule has 0 radical (unpaired) electrons. The molecule has 0 unspecified atom stereocenters. The fourth-order valence-electron chi connectivity index (χ4n) is 5.23. The van der Waals surface area contributed by atoms with Crippen LogP contribution in [0.2, 0.25) is 0 Å². The van der Waals surface area contributed by atoms with Gasteiger partial charge in [0.05, 0.1) is 24.8 Å². The molecule has 0 aliphatic heterocycles. The van der Waals surface area contributed by atoms with E-state index in [2.05, 4.69) is 21.2 Å². The first-order valence-electron chi connectivity index (χ1n) is 14.6. The monoisotopic (exact) mass is 707 g/mol. The van der Waals surface area contributed by atoms with Crippen LogP contribution < -0.4 is 19.1 Å². The maximum Gasteiger partial charge on any atom is 0.264 e. The molecule has 242 valence electrons. The predicted octanol–water partition coefficient (Wildman–Crippen LogP) is 5.66. The Labute approximate surface area is 279 Å². The van der Waals surface area contributed by atoms with Crippen LogP contribution in [0.5, 0.6) is 11.5 Å². The number of halogens is 1. The number of hydrogen-bond acceptors (Lipinski definition) is 6. The van der Waals surface area contributed by atoms with Gasteiger partial charge in [0.15, 0.2) is 11.5 Å². The molecular formula is C35H38BrN3O6S. The average molecular weight is 709 g/mol. The third-order valence-corrected chi connectivity index (χ3v) is 9.80. The van der Waals surface area contributed by atoms with E-state index < -0.39 is 28.5 Å². The smallest absolute Gasteiger partial charge is 0.264 e. The van der Waals surface area contributed by atoms with Crippen LogP contribution in [0.4, 0.5) is 5.69 Å². The van der Waals surface area contributed by atoms with Crippen molar-refractivity contribution in [1.29, 1.82) is 0 Å². The van der Waals surface area contributed by atoms with Crippen molar-refractivity contribution in [3.63, 3.8) is 0 Å². The van der Waals surface area contributed by atoms with E-state index in [4.69, 9.17) is 9.47 Å². The van der Waals surface area contributed by atoms with Crippen LogP contribution in [-0.2, 0) is 32.6 Å². The number of anilines is 1. The Balaban J connectivity index is 1.83. The Hall–Kier alpha value is -4.35. The molecule has 0 saturated heterocycles. The lowest BCUT2D eigenvalue weighted by Crippen LogP contribution is -2.53. The van der Waals surface area contributed by atoms with Crippen LogP contribution in [0.3, 0.4) is 0 Å². The van der Waals surface area contributed by atoms with Crippen molar-refractivity contribution in [2.24, 2.45) is 0 Å². The highest BCUT2D eigenvalue weighted by Gasteiger charge is 2.35. The second-order valence-electron chi connectivity index (χ2n) is 10.8. The predicted molar refractivity (Wildman–Crippen MR) is 183 cm³/mol. The van der Waals surface area contributed by atoms with Crippen molar-refractivity contribution in [2.75, 3.05) is 32.1 Å². The lowest BCUT2D eigenvalue weighted by Gasteiger charge is -2.33.